The number of nitrogen functional groups attached to an aromatic ring is 1. The number of halogens is 3. The number of benzene rings is 2. The van der Waals surface area contributed by atoms with E-state index in [1.54, 1.807) is 24.3 Å². The molecule has 0 heterocycles. The highest BCUT2D eigenvalue weighted by Crippen LogP contribution is 2.29. The molecule has 0 amide bonds. The lowest BCUT2D eigenvalue weighted by Gasteiger charge is -2.08. The number of rotatable bonds is 4. The van der Waals surface area contributed by atoms with Gasteiger partial charge in [0, 0.05) is 17.7 Å². The molecule has 0 fully saturated rings. The Morgan fingerprint density at radius 2 is 1.71 bits per heavy atom. The summed E-state index contributed by atoms with van der Waals surface area (Å²) in [7, 11) is 0. The van der Waals surface area contributed by atoms with E-state index in [0.717, 1.165) is 17.7 Å². The van der Waals surface area contributed by atoms with E-state index in [1.807, 2.05) is 0 Å². The van der Waals surface area contributed by atoms with Gasteiger partial charge < -0.3 is 5.73 Å². The molecule has 2 nitrogen and oxygen atoms in total. The number of carbonyl (C=O) groups excluding carboxylic acids is 1. The highest BCUT2D eigenvalue weighted by atomic mass is 19.4. The summed E-state index contributed by atoms with van der Waals surface area (Å²) in [5.74, 6) is -0.307. The second-order valence-corrected chi connectivity index (χ2v) is 4.74. The summed E-state index contributed by atoms with van der Waals surface area (Å²) in [6.45, 7) is 0. The van der Waals surface area contributed by atoms with Crippen molar-refractivity contribution < 1.29 is 18.0 Å². The van der Waals surface area contributed by atoms with Gasteiger partial charge in [-0.1, -0.05) is 24.3 Å². The lowest BCUT2D eigenvalue weighted by Crippen LogP contribution is -2.08. The molecule has 0 spiro atoms. The average Bonchev–Trinajstić information content (AvgIpc) is 2.45. The molecule has 2 aromatic carbocycles. The van der Waals surface area contributed by atoms with Gasteiger partial charge in [0.25, 0.3) is 0 Å². The van der Waals surface area contributed by atoms with Crippen molar-refractivity contribution in [3.63, 3.8) is 0 Å². The number of nitrogens with two attached hydrogens (primary N) is 1. The zero-order valence-electron chi connectivity index (χ0n) is 11.2. The van der Waals surface area contributed by atoms with E-state index in [4.69, 9.17) is 5.73 Å². The van der Waals surface area contributed by atoms with Gasteiger partial charge >= 0.3 is 6.18 Å². The first-order chi connectivity index (χ1) is 9.86. The van der Waals surface area contributed by atoms with E-state index >= 15 is 0 Å². The number of Topliss-reactive ketones (excluding diaryl/α,β-unsaturated/α-hetero) is 1. The first-order valence-corrected chi connectivity index (χ1v) is 6.41. The average molecular weight is 293 g/mol. The predicted octanol–water partition coefficient (Wildman–Crippen LogP) is 4.10. The molecule has 0 saturated heterocycles. The van der Waals surface area contributed by atoms with Gasteiger partial charge in [-0.3, -0.25) is 4.79 Å². The number of ketones is 1. The monoisotopic (exact) mass is 293 g/mol. The van der Waals surface area contributed by atoms with E-state index in [2.05, 4.69) is 0 Å². The number of hydrogen-bond donors (Lipinski definition) is 1. The van der Waals surface area contributed by atoms with Gasteiger partial charge in [-0.2, -0.15) is 13.2 Å². The fourth-order valence-electron chi connectivity index (χ4n) is 1.96. The van der Waals surface area contributed by atoms with Crippen molar-refractivity contribution in [1.29, 1.82) is 0 Å². The van der Waals surface area contributed by atoms with Gasteiger partial charge in [-0.25, -0.2) is 0 Å². The number of carbonyl (C=O) groups is 1. The second kappa shape index (κ2) is 5.99. The van der Waals surface area contributed by atoms with E-state index in [0.29, 0.717) is 12.1 Å². The molecule has 110 valence electrons. The molecule has 0 bridgehead atoms. The summed E-state index contributed by atoms with van der Waals surface area (Å²) in [6, 6.07) is 11.6. The van der Waals surface area contributed by atoms with Crippen LogP contribution in [-0.4, -0.2) is 5.78 Å². The van der Waals surface area contributed by atoms with Gasteiger partial charge in [0.1, 0.15) is 0 Å². The summed E-state index contributed by atoms with van der Waals surface area (Å²) in [5.41, 5.74) is 6.38. The first-order valence-electron chi connectivity index (χ1n) is 6.41. The van der Waals surface area contributed by atoms with Gasteiger partial charge in [0.05, 0.1) is 5.56 Å². The van der Waals surface area contributed by atoms with E-state index in [9.17, 15) is 18.0 Å². The minimum atomic E-state index is -4.44. The minimum Gasteiger partial charge on any atom is -0.399 e. The quantitative estimate of drug-likeness (QED) is 0.681. The number of alkyl halides is 3. The Morgan fingerprint density at radius 1 is 1.05 bits per heavy atom. The molecule has 0 aromatic heterocycles. The van der Waals surface area contributed by atoms with Crippen LogP contribution < -0.4 is 5.73 Å². The van der Waals surface area contributed by atoms with Crippen LogP contribution in [0.4, 0.5) is 18.9 Å². The Balaban J connectivity index is 2.05. The van der Waals surface area contributed by atoms with Crippen LogP contribution in [0.5, 0.6) is 0 Å². The van der Waals surface area contributed by atoms with Crippen molar-refractivity contribution in [3.8, 4) is 0 Å². The smallest absolute Gasteiger partial charge is 0.399 e. The van der Waals surface area contributed by atoms with E-state index < -0.39 is 11.7 Å². The molecule has 0 atom stereocenters. The van der Waals surface area contributed by atoms with Gasteiger partial charge in [0.2, 0.25) is 0 Å². The van der Waals surface area contributed by atoms with Crippen molar-refractivity contribution in [2.75, 3.05) is 5.73 Å². The van der Waals surface area contributed by atoms with Crippen molar-refractivity contribution in [1.82, 2.24) is 0 Å². The highest BCUT2D eigenvalue weighted by molar-refractivity contribution is 5.96. The summed E-state index contributed by atoms with van der Waals surface area (Å²) in [6.07, 6.45) is -3.81. The van der Waals surface area contributed by atoms with Crippen molar-refractivity contribution in [2.24, 2.45) is 0 Å². The summed E-state index contributed by atoms with van der Waals surface area (Å²) >= 11 is 0. The normalized spacial score (nSPS) is 11.4. The van der Waals surface area contributed by atoms with Crippen LogP contribution in [0.25, 0.3) is 0 Å². The zero-order valence-corrected chi connectivity index (χ0v) is 11.2. The summed E-state index contributed by atoms with van der Waals surface area (Å²) in [4.78, 5) is 12.0. The van der Waals surface area contributed by atoms with Gasteiger partial charge in [0.15, 0.2) is 5.78 Å². The highest BCUT2D eigenvalue weighted by Gasteiger charge is 2.30. The molecule has 0 unspecified atom stereocenters. The molecule has 2 aromatic rings. The van der Waals surface area contributed by atoms with Crippen LogP contribution in [0.2, 0.25) is 0 Å². The summed E-state index contributed by atoms with van der Waals surface area (Å²) < 4.78 is 37.8. The third-order valence-electron chi connectivity index (χ3n) is 3.13. The number of aryl methyl sites for hydroxylation is 1. The van der Waals surface area contributed by atoms with Crippen molar-refractivity contribution in [3.05, 3.63) is 65.2 Å². The van der Waals surface area contributed by atoms with Gasteiger partial charge in [-0.05, 0) is 36.2 Å². The molecule has 2 N–H and O–H groups in total. The maximum absolute atomic E-state index is 12.6. The predicted molar refractivity (Wildman–Crippen MR) is 74.9 cm³/mol. The van der Waals surface area contributed by atoms with Crippen molar-refractivity contribution >= 4 is 11.5 Å². The number of hydrogen-bond acceptors (Lipinski definition) is 2. The second-order valence-electron chi connectivity index (χ2n) is 4.74. The molecule has 5 heteroatoms. The topological polar surface area (TPSA) is 43.1 Å². The largest absolute Gasteiger partial charge is 0.416 e. The Morgan fingerprint density at radius 3 is 2.33 bits per heavy atom. The Bertz CT molecular complexity index is 633. The molecular weight excluding hydrogens is 279 g/mol. The van der Waals surface area contributed by atoms with Gasteiger partial charge in [-0.15, -0.1) is 0 Å². The van der Waals surface area contributed by atoms with Crippen LogP contribution >= 0.6 is 0 Å². The van der Waals surface area contributed by atoms with Crippen LogP contribution in [0, 0.1) is 0 Å². The minimum absolute atomic E-state index is 0.0836. The fraction of sp³-hybridized carbons (Fsp3) is 0.188. The van der Waals surface area contributed by atoms with Crippen LogP contribution in [-0.2, 0) is 12.6 Å². The standard InChI is InChI=1S/C16H14F3NO/c17-16(18,19)13-3-1-2-12(10-13)15(21)9-6-11-4-7-14(20)8-5-11/h1-5,7-8,10H,6,9,20H2. The maximum Gasteiger partial charge on any atom is 0.416 e. The van der Waals surface area contributed by atoms with E-state index in [1.165, 1.54) is 12.1 Å². The number of anilines is 1. The Kier molecular flexibility index (Phi) is 4.31. The molecule has 21 heavy (non-hydrogen) atoms. The van der Waals surface area contributed by atoms with Crippen molar-refractivity contribution in [2.45, 2.75) is 19.0 Å². The zero-order chi connectivity index (χ0) is 15.5. The molecule has 0 aliphatic rings. The fourth-order valence-corrected chi connectivity index (χ4v) is 1.96. The molecular formula is C16H14F3NO. The molecule has 2 rings (SSSR count). The van der Waals surface area contributed by atoms with Crippen LogP contribution in [0.3, 0.4) is 0 Å². The third-order valence-corrected chi connectivity index (χ3v) is 3.13. The Labute approximate surface area is 120 Å². The maximum atomic E-state index is 12.6. The van der Waals surface area contributed by atoms with Crippen LogP contribution in [0.1, 0.15) is 27.9 Å². The van der Waals surface area contributed by atoms with Crippen LogP contribution in [0.15, 0.2) is 48.5 Å². The molecule has 0 aliphatic carbocycles. The Hall–Kier alpha value is -2.30. The lowest BCUT2D eigenvalue weighted by molar-refractivity contribution is -0.137. The third kappa shape index (κ3) is 4.08. The molecule has 0 saturated carbocycles. The lowest BCUT2D eigenvalue weighted by atomic mass is 10.0. The van der Waals surface area contributed by atoms with E-state index in [-0.39, 0.29) is 17.8 Å². The molecule has 0 aliphatic heterocycles. The molecule has 0 radical (unpaired) electrons. The first kappa shape index (κ1) is 15.1. The summed E-state index contributed by atoms with van der Waals surface area (Å²) in [5, 5.41) is 0. The SMILES string of the molecule is Nc1ccc(CCC(=O)c2cccc(C(F)(F)F)c2)cc1.